The maximum absolute atomic E-state index is 6.88. The zero-order valence-electron chi connectivity index (χ0n) is 25.7. The lowest BCUT2D eigenvalue weighted by atomic mass is 9.76. The van der Waals surface area contributed by atoms with Gasteiger partial charge in [0, 0.05) is 46.6 Å². The monoisotopic (exact) mass is 620 g/mol. The molecule has 4 heterocycles. The maximum atomic E-state index is 6.88. The van der Waals surface area contributed by atoms with E-state index in [2.05, 4.69) is 137 Å². The van der Waals surface area contributed by atoms with Crippen molar-refractivity contribution in [1.29, 1.82) is 0 Å². The molecule has 0 amide bonds. The van der Waals surface area contributed by atoms with Crippen molar-refractivity contribution in [3.8, 4) is 22.6 Å². The first-order valence-corrected chi connectivity index (χ1v) is 15.8. The highest BCUT2D eigenvalue weighted by molar-refractivity contribution is 6.31. The molecule has 4 nitrogen and oxygen atoms in total. The van der Waals surface area contributed by atoms with Crippen LogP contribution in [0.1, 0.15) is 49.9 Å². The van der Waals surface area contributed by atoms with E-state index in [9.17, 15) is 0 Å². The van der Waals surface area contributed by atoms with Crippen LogP contribution in [0.25, 0.3) is 23.3 Å². The first-order chi connectivity index (χ1) is 20.9. The molecule has 44 heavy (non-hydrogen) atoms. The van der Waals surface area contributed by atoms with Crippen molar-refractivity contribution < 1.29 is 9.47 Å². The van der Waals surface area contributed by atoms with Crippen LogP contribution < -0.4 is 19.3 Å². The van der Waals surface area contributed by atoms with E-state index in [1.165, 1.54) is 11.1 Å². The van der Waals surface area contributed by atoms with Crippen molar-refractivity contribution in [2.45, 2.75) is 50.0 Å². The number of rotatable bonds is 1. The number of halogens is 2. The Balaban J connectivity index is 1.11. The number of nitrogens with zero attached hydrogens (tertiary/aromatic N) is 2. The van der Waals surface area contributed by atoms with Gasteiger partial charge in [0.1, 0.15) is 11.5 Å². The van der Waals surface area contributed by atoms with E-state index >= 15 is 0 Å². The zero-order chi connectivity index (χ0) is 30.8. The molecule has 4 aromatic rings. The molecule has 2 spiro atoms. The molecule has 222 valence electrons. The number of anilines is 2. The smallest absolute Gasteiger partial charge is 0.211 e. The summed E-state index contributed by atoms with van der Waals surface area (Å²) in [6, 6.07) is 25.1. The molecular formula is C38H34Cl2N2O2. The minimum absolute atomic E-state index is 0.313. The van der Waals surface area contributed by atoms with Gasteiger partial charge in [0.15, 0.2) is 0 Å². The van der Waals surface area contributed by atoms with Crippen LogP contribution in [0.3, 0.4) is 0 Å². The average molecular weight is 622 g/mol. The van der Waals surface area contributed by atoms with Crippen LogP contribution in [-0.4, -0.2) is 25.5 Å². The lowest BCUT2D eigenvalue weighted by Gasteiger charge is -2.46. The summed E-state index contributed by atoms with van der Waals surface area (Å²) in [5.41, 5.74) is 7.07. The molecule has 0 fully saturated rings. The standard InChI is InChI=1S/C38H34Cl2N2O2/c1-35(2)29-21-27(39)9-11-31(29)41(5)37(35)17-15-25-19-23(7-13-33(25)43-37)24-8-14-34-26(20-24)16-18-38(44-34)36(3,4)30-22-28(40)10-12-32(30)42(38)6/h7-22H,1-6H3. The van der Waals surface area contributed by atoms with Crippen LogP contribution in [0.2, 0.25) is 10.0 Å². The maximum Gasteiger partial charge on any atom is 0.211 e. The van der Waals surface area contributed by atoms with E-state index in [1.807, 2.05) is 12.1 Å². The minimum Gasteiger partial charge on any atom is -0.463 e. The molecule has 0 N–H and O–H groups in total. The number of hydrogen-bond donors (Lipinski definition) is 0. The SMILES string of the molecule is CN1c2ccc(Cl)cc2C(C)(C)C12C=Cc1cc(-c3ccc4c(c3)C=CC3(O4)N(C)c4ccc(Cl)cc4C3(C)C)ccc1O2. The van der Waals surface area contributed by atoms with Gasteiger partial charge in [-0.3, -0.25) is 0 Å². The summed E-state index contributed by atoms with van der Waals surface area (Å²) in [5.74, 6) is 1.73. The largest absolute Gasteiger partial charge is 0.463 e. The summed E-state index contributed by atoms with van der Waals surface area (Å²) in [6.07, 6.45) is 8.78. The van der Waals surface area contributed by atoms with E-state index < -0.39 is 11.4 Å². The highest BCUT2D eigenvalue weighted by Crippen LogP contribution is 2.56. The van der Waals surface area contributed by atoms with Gasteiger partial charge in [0.2, 0.25) is 11.4 Å². The zero-order valence-corrected chi connectivity index (χ0v) is 27.2. The van der Waals surface area contributed by atoms with E-state index in [0.717, 1.165) is 55.2 Å². The number of hydrogen-bond acceptors (Lipinski definition) is 4. The third-order valence-corrected chi connectivity index (χ3v) is 11.1. The fraction of sp³-hybridized carbons (Fsp3) is 0.263. The van der Waals surface area contributed by atoms with Crippen molar-refractivity contribution in [1.82, 2.24) is 0 Å². The minimum atomic E-state index is -0.648. The average Bonchev–Trinajstić information content (AvgIpc) is 3.26. The molecule has 0 saturated carbocycles. The van der Waals surface area contributed by atoms with Gasteiger partial charge in [0.25, 0.3) is 0 Å². The van der Waals surface area contributed by atoms with Gasteiger partial charge >= 0.3 is 0 Å². The molecule has 0 saturated heterocycles. The van der Waals surface area contributed by atoms with E-state index in [4.69, 9.17) is 32.7 Å². The Bertz CT molecular complexity index is 1820. The topological polar surface area (TPSA) is 24.9 Å². The lowest BCUT2D eigenvalue weighted by Crippen LogP contribution is -2.58. The second-order valence-electron chi connectivity index (χ2n) is 13.5. The molecule has 0 aromatic heterocycles. The Labute approximate surface area is 269 Å². The second-order valence-corrected chi connectivity index (χ2v) is 14.3. The lowest BCUT2D eigenvalue weighted by molar-refractivity contribution is 0.0581. The predicted octanol–water partition coefficient (Wildman–Crippen LogP) is 9.72. The third kappa shape index (κ3) is 3.41. The van der Waals surface area contributed by atoms with E-state index in [0.29, 0.717) is 0 Å². The fourth-order valence-electron chi connectivity index (χ4n) is 7.93. The summed E-state index contributed by atoms with van der Waals surface area (Å²) in [5, 5.41) is 1.48. The summed E-state index contributed by atoms with van der Waals surface area (Å²) in [6.45, 7) is 8.89. The molecule has 0 aliphatic carbocycles. The fourth-order valence-corrected chi connectivity index (χ4v) is 8.27. The molecule has 2 unspecified atom stereocenters. The van der Waals surface area contributed by atoms with E-state index in [-0.39, 0.29) is 10.8 Å². The molecule has 4 aromatic carbocycles. The number of fused-ring (bicyclic) bond motifs is 4. The van der Waals surface area contributed by atoms with Gasteiger partial charge in [-0.15, -0.1) is 0 Å². The predicted molar refractivity (Wildman–Crippen MR) is 182 cm³/mol. The van der Waals surface area contributed by atoms with Crippen molar-refractivity contribution in [3.05, 3.63) is 117 Å². The number of ether oxygens (including phenoxy) is 2. The van der Waals surface area contributed by atoms with Gasteiger partial charge in [-0.05, 0) is 135 Å². The third-order valence-electron chi connectivity index (χ3n) is 10.6. The van der Waals surface area contributed by atoms with E-state index in [1.54, 1.807) is 0 Å². The number of likely N-dealkylation sites (N-methyl/N-ethyl adjacent to an activating group) is 2. The Morgan fingerprint density at radius 2 is 0.955 bits per heavy atom. The second kappa shape index (κ2) is 8.87. The summed E-state index contributed by atoms with van der Waals surface area (Å²) in [7, 11) is 4.19. The van der Waals surface area contributed by atoms with Crippen LogP contribution in [0.15, 0.2) is 84.9 Å². The van der Waals surface area contributed by atoms with Gasteiger partial charge in [-0.2, -0.15) is 0 Å². The summed E-state index contributed by atoms with van der Waals surface area (Å²) in [4.78, 5) is 4.45. The Kier molecular flexibility index (Phi) is 5.58. The molecule has 0 bridgehead atoms. The van der Waals surface area contributed by atoms with Gasteiger partial charge in [-0.25, -0.2) is 0 Å². The van der Waals surface area contributed by atoms with Gasteiger partial charge in [0.05, 0.1) is 10.8 Å². The molecule has 6 heteroatoms. The first-order valence-electron chi connectivity index (χ1n) is 15.0. The van der Waals surface area contributed by atoms with Gasteiger partial charge in [-0.1, -0.05) is 35.3 Å². The van der Waals surface area contributed by atoms with Crippen LogP contribution in [0.5, 0.6) is 11.5 Å². The highest BCUT2D eigenvalue weighted by Gasteiger charge is 2.59. The molecule has 2 atom stereocenters. The Morgan fingerprint density at radius 3 is 1.36 bits per heavy atom. The molecule has 8 rings (SSSR count). The molecular weight excluding hydrogens is 587 g/mol. The van der Waals surface area contributed by atoms with Crippen LogP contribution in [-0.2, 0) is 10.8 Å². The normalized spacial score (nSPS) is 24.5. The Hall–Kier alpha value is -3.86. The first kappa shape index (κ1) is 27.7. The number of benzene rings is 4. The van der Waals surface area contributed by atoms with Crippen molar-refractivity contribution >= 4 is 46.7 Å². The molecule has 4 aliphatic heterocycles. The van der Waals surface area contributed by atoms with Crippen LogP contribution in [0, 0.1) is 0 Å². The van der Waals surface area contributed by atoms with Gasteiger partial charge < -0.3 is 19.3 Å². The quantitative estimate of drug-likeness (QED) is 0.211. The van der Waals surface area contributed by atoms with Crippen LogP contribution >= 0.6 is 23.2 Å². The highest BCUT2D eigenvalue weighted by atomic mass is 35.5. The Morgan fingerprint density at radius 1 is 0.545 bits per heavy atom. The van der Waals surface area contributed by atoms with Crippen LogP contribution in [0.4, 0.5) is 11.4 Å². The molecule has 4 aliphatic rings. The molecule has 0 radical (unpaired) electrons. The van der Waals surface area contributed by atoms with Crippen molar-refractivity contribution in [2.75, 3.05) is 23.9 Å². The summed E-state index contributed by atoms with van der Waals surface area (Å²) >= 11 is 12.8. The summed E-state index contributed by atoms with van der Waals surface area (Å²) < 4.78 is 13.8. The van der Waals surface area contributed by atoms with Crippen molar-refractivity contribution in [3.63, 3.8) is 0 Å². The van der Waals surface area contributed by atoms with Crippen molar-refractivity contribution in [2.24, 2.45) is 0 Å².